The van der Waals surface area contributed by atoms with E-state index in [-0.39, 0.29) is 11.9 Å². The van der Waals surface area contributed by atoms with Crippen molar-refractivity contribution in [3.63, 3.8) is 0 Å². The fraction of sp³-hybridized carbons (Fsp3) is 0.231. The van der Waals surface area contributed by atoms with Crippen molar-refractivity contribution in [3.05, 3.63) is 108 Å². The molecular weight excluding hydrogens is 372 g/mol. The van der Waals surface area contributed by atoms with Gasteiger partial charge in [-0.3, -0.25) is 10.2 Å². The van der Waals surface area contributed by atoms with E-state index in [9.17, 15) is 5.11 Å². The molecule has 0 aliphatic carbocycles. The highest BCUT2D eigenvalue weighted by Gasteiger charge is 2.21. The van der Waals surface area contributed by atoms with Crippen LogP contribution < -0.4 is 10.1 Å². The van der Waals surface area contributed by atoms with E-state index in [2.05, 4.69) is 79.0 Å². The normalized spacial score (nSPS) is 11.5. The average molecular weight is 405 g/mol. The summed E-state index contributed by atoms with van der Waals surface area (Å²) in [4.78, 5) is 2.27. The zero-order chi connectivity index (χ0) is 21.9. The number of phenolic OH excluding ortho intramolecular Hbond substituents is 1. The molecule has 0 aliphatic heterocycles. The molecule has 3 aromatic rings. The van der Waals surface area contributed by atoms with Crippen LogP contribution >= 0.6 is 0 Å². The minimum Gasteiger partial charge on any atom is -0.504 e. The van der Waals surface area contributed by atoms with Crippen LogP contribution in [0.3, 0.4) is 0 Å². The first-order valence-corrected chi connectivity index (χ1v) is 9.97. The molecule has 1 atom stereocenters. The summed E-state index contributed by atoms with van der Waals surface area (Å²) in [5.41, 5.74) is 4.58. The number of phenols is 1. The SMILES string of the molecule is C=C.COc1cc(C(NCc2ccccc2)N(C)Cc2ccccc2)c(C)cc1O. The number of nitrogens with zero attached hydrogens (tertiary/aromatic N) is 1. The Kier molecular flexibility index (Phi) is 9.13. The third-order valence-corrected chi connectivity index (χ3v) is 4.92. The third kappa shape index (κ3) is 6.21. The number of benzene rings is 3. The van der Waals surface area contributed by atoms with E-state index in [0.717, 1.165) is 24.2 Å². The van der Waals surface area contributed by atoms with E-state index in [4.69, 9.17) is 4.74 Å². The Morgan fingerprint density at radius 1 is 0.967 bits per heavy atom. The molecule has 30 heavy (non-hydrogen) atoms. The Morgan fingerprint density at radius 3 is 2.10 bits per heavy atom. The molecule has 0 saturated heterocycles. The van der Waals surface area contributed by atoms with Crippen molar-refractivity contribution in [1.29, 1.82) is 0 Å². The number of aryl methyl sites for hydroxylation is 1. The zero-order valence-electron chi connectivity index (χ0n) is 18.1. The summed E-state index contributed by atoms with van der Waals surface area (Å²) in [6, 6.07) is 24.5. The van der Waals surface area contributed by atoms with Gasteiger partial charge in [-0.15, -0.1) is 13.2 Å². The standard InChI is InChI=1S/C24H28N2O2.C2H4/c1-18-14-22(27)23(28-3)15-21(18)24(25-16-19-10-6-4-7-11-19)26(2)17-20-12-8-5-9-13-20;1-2/h4-15,24-25,27H,16-17H2,1-3H3;1-2H2. The van der Waals surface area contributed by atoms with Crippen molar-refractivity contribution in [2.45, 2.75) is 26.2 Å². The number of nitrogens with one attached hydrogen (secondary N) is 1. The second kappa shape index (κ2) is 11.8. The van der Waals surface area contributed by atoms with Crippen molar-refractivity contribution >= 4 is 0 Å². The predicted molar refractivity (Wildman–Crippen MR) is 125 cm³/mol. The summed E-state index contributed by atoms with van der Waals surface area (Å²) in [6.07, 6.45) is -0.0325. The minimum absolute atomic E-state index is 0.0325. The van der Waals surface area contributed by atoms with Crippen LogP contribution in [0.15, 0.2) is 86.0 Å². The van der Waals surface area contributed by atoms with Gasteiger partial charge in [-0.2, -0.15) is 0 Å². The van der Waals surface area contributed by atoms with Crippen LogP contribution in [0.5, 0.6) is 11.5 Å². The van der Waals surface area contributed by atoms with E-state index in [1.165, 1.54) is 11.1 Å². The van der Waals surface area contributed by atoms with Crippen molar-refractivity contribution in [1.82, 2.24) is 10.2 Å². The lowest BCUT2D eigenvalue weighted by Gasteiger charge is -2.31. The molecule has 0 aromatic heterocycles. The average Bonchev–Trinajstić information content (AvgIpc) is 2.78. The molecule has 3 aromatic carbocycles. The Balaban J connectivity index is 0.00000155. The maximum Gasteiger partial charge on any atom is 0.160 e. The van der Waals surface area contributed by atoms with Crippen LogP contribution in [0.25, 0.3) is 0 Å². The van der Waals surface area contributed by atoms with Crippen LogP contribution in [-0.2, 0) is 13.1 Å². The Bertz CT molecular complexity index is 898. The molecule has 0 bridgehead atoms. The lowest BCUT2D eigenvalue weighted by molar-refractivity contribution is 0.195. The molecule has 158 valence electrons. The quantitative estimate of drug-likeness (QED) is 0.388. The first kappa shape index (κ1) is 23.2. The summed E-state index contributed by atoms with van der Waals surface area (Å²) >= 11 is 0. The molecule has 0 radical (unpaired) electrons. The number of rotatable bonds is 8. The summed E-state index contributed by atoms with van der Waals surface area (Å²) < 4.78 is 5.36. The Labute approximate surface area is 180 Å². The van der Waals surface area contributed by atoms with Gasteiger partial charge in [-0.25, -0.2) is 0 Å². The Hall–Kier alpha value is -3.08. The summed E-state index contributed by atoms with van der Waals surface area (Å²) in [5, 5.41) is 13.8. The van der Waals surface area contributed by atoms with Crippen LogP contribution in [-0.4, -0.2) is 24.2 Å². The molecule has 0 amide bonds. The molecule has 4 heteroatoms. The summed E-state index contributed by atoms with van der Waals surface area (Å²) in [7, 11) is 3.68. The fourth-order valence-electron chi connectivity index (χ4n) is 3.42. The molecule has 2 N–H and O–H groups in total. The van der Waals surface area contributed by atoms with Gasteiger partial charge in [0.15, 0.2) is 11.5 Å². The van der Waals surface area contributed by atoms with Crippen LogP contribution in [0, 0.1) is 6.92 Å². The van der Waals surface area contributed by atoms with Gasteiger partial charge < -0.3 is 9.84 Å². The number of hydrogen-bond acceptors (Lipinski definition) is 4. The first-order chi connectivity index (χ1) is 14.6. The molecular formula is C26H32N2O2. The lowest BCUT2D eigenvalue weighted by atomic mass is 10.0. The molecule has 4 nitrogen and oxygen atoms in total. The van der Waals surface area contributed by atoms with E-state index in [1.807, 2.05) is 25.1 Å². The van der Waals surface area contributed by atoms with Gasteiger partial charge in [-0.1, -0.05) is 60.7 Å². The van der Waals surface area contributed by atoms with Crippen LogP contribution in [0.2, 0.25) is 0 Å². The monoisotopic (exact) mass is 404 g/mol. The van der Waals surface area contributed by atoms with Crippen molar-refractivity contribution in [2.24, 2.45) is 0 Å². The minimum atomic E-state index is -0.0325. The van der Waals surface area contributed by atoms with Crippen LogP contribution in [0.4, 0.5) is 0 Å². The third-order valence-electron chi connectivity index (χ3n) is 4.92. The molecule has 1 unspecified atom stereocenters. The molecule has 3 rings (SSSR count). The number of ether oxygens (including phenoxy) is 1. The zero-order valence-corrected chi connectivity index (χ0v) is 18.1. The summed E-state index contributed by atoms with van der Waals surface area (Å²) in [5.74, 6) is 0.650. The van der Waals surface area contributed by atoms with E-state index < -0.39 is 0 Å². The van der Waals surface area contributed by atoms with Gasteiger partial charge in [0, 0.05) is 13.1 Å². The predicted octanol–water partition coefficient (Wildman–Crippen LogP) is 5.43. The topological polar surface area (TPSA) is 44.7 Å². The highest BCUT2D eigenvalue weighted by atomic mass is 16.5. The first-order valence-electron chi connectivity index (χ1n) is 9.97. The van der Waals surface area contributed by atoms with Crippen molar-refractivity contribution in [3.8, 4) is 11.5 Å². The van der Waals surface area contributed by atoms with Gasteiger partial charge >= 0.3 is 0 Å². The van der Waals surface area contributed by atoms with Crippen LogP contribution in [0.1, 0.15) is 28.4 Å². The molecule has 0 heterocycles. The van der Waals surface area contributed by atoms with E-state index in [1.54, 1.807) is 13.2 Å². The number of hydrogen-bond donors (Lipinski definition) is 2. The smallest absolute Gasteiger partial charge is 0.160 e. The molecule has 0 spiro atoms. The molecule has 0 saturated carbocycles. The summed E-state index contributed by atoms with van der Waals surface area (Å²) in [6.45, 7) is 9.56. The van der Waals surface area contributed by atoms with Gasteiger partial charge in [0.2, 0.25) is 0 Å². The molecule has 0 aliphatic rings. The second-order valence-electron chi connectivity index (χ2n) is 7.05. The van der Waals surface area contributed by atoms with Gasteiger partial charge in [0.25, 0.3) is 0 Å². The number of aromatic hydroxyl groups is 1. The van der Waals surface area contributed by atoms with Gasteiger partial charge in [0.1, 0.15) is 0 Å². The Morgan fingerprint density at radius 2 is 1.53 bits per heavy atom. The molecule has 0 fully saturated rings. The van der Waals surface area contributed by atoms with Gasteiger partial charge in [0.05, 0.1) is 13.3 Å². The van der Waals surface area contributed by atoms with E-state index >= 15 is 0 Å². The van der Waals surface area contributed by atoms with E-state index in [0.29, 0.717) is 5.75 Å². The largest absolute Gasteiger partial charge is 0.504 e. The maximum absolute atomic E-state index is 10.1. The lowest BCUT2D eigenvalue weighted by Crippen LogP contribution is -2.35. The highest BCUT2D eigenvalue weighted by Crippen LogP contribution is 2.33. The fourth-order valence-corrected chi connectivity index (χ4v) is 3.42. The second-order valence-corrected chi connectivity index (χ2v) is 7.05. The van der Waals surface area contributed by atoms with Gasteiger partial charge in [-0.05, 0) is 48.4 Å². The van der Waals surface area contributed by atoms with Crippen molar-refractivity contribution in [2.75, 3.05) is 14.2 Å². The van der Waals surface area contributed by atoms with Crippen molar-refractivity contribution < 1.29 is 9.84 Å². The maximum atomic E-state index is 10.1. The highest BCUT2D eigenvalue weighted by molar-refractivity contribution is 5.47. The number of methoxy groups -OCH3 is 1.